The minimum Gasteiger partial charge on any atom is -0.550 e. The second kappa shape index (κ2) is 18.2. The smallest absolute Gasteiger partial charge is 0.0594 e. The fourth-order valence-electron chi connectivity index (χ4n) is 2.85. The number of unbranched alkanes of at least 4 members (excludes halogenated alkanes) is 4. The lowest BCUT2D eigenvalue weighted by atomic mass is 10.4. The third-order valence-corrected chi connectivity index (χ3v) is 9.46. The Hall–Kier alpha value is -0.100. The van der Waals surface area contributed by atoms with Crippen molar-refractivity contribution in [3.05, 3.63) is 0 Å². The number of carbonyl (C=O) groups excluding carboxylic acids is 1. The van der Waals surface area contributed by atoms with E-state index >= 15 is 0 Å². The summed E-state index contributed by atoms with van der Waals surface area (Å²) in [6.45, 7) is 11.2. The van der Waals surface area contributed by atoms with Gasteiger partial charge in [-0.25, -0.2) is 0 Å². The van der Waals surface area contributed by atoms with Crippen LogP contribution in [0.1, 0.15) is 98.8 Å². The topological polar surface area (TPSA) is 40.1 Å². The standard InChI is InChI=1S/C16H36P.C4H8O2/c1-5-9-13-17(14-10-6-2,15-11-7-3)16-12-8-4;1-2-3-4(5)6/h5-16H2,1-4H3;2-3H2,1H3,(H,5,6)/q+1;/p-1. The summed E-state index contributed by atoms with van der Waals surface area (Å²) in [6.07, 6.45) is 18.8. The van der Waals surface area contributed by atoms with Gasteiger partial charge in [-0.15, -0.1) is 0 Å². The second-order valence-corrected chi connectivity index (χ2v) is 11.2. The Morgan fingerprint density at radius 1 is 0.652 bits per heavy atom. The van der Waals surface area contributed by atoms with Crippen LogP contribution < -0.4 is 5.11 Å². The summed E-state index contributed by atoms with van der Waals surface area (Å²) in [6, 6.07) is 0. The van der Waals surface area contributed by atoms with Gasteiger partial charge in [-0.1, -0.05) is 66.7 Å². The van der Waals surface area contributed by atoms with Crippen LogP contribution in [-0.2, 0) is 4.79 Å². The molecule has 0 fully saturated rings. The number of carboxylic acids is 1. The van der Waals surface area contributed by atoms with Gasteiger partial charge in [0.05, 0.1) is 24.6 Å². The van der Waals surface area contributed by atoms with E-state index in [1.54, 1.807) is 31.6 Å². The maximum Gasteiger partial charge on any atom is 0.0594 e. The molecule has 0 radical (unpaired) electrons. The van der Waals surface area contributed by atoms with Crippen LogP contribution in [0, 0.1) is 0 Å². The quantitative estimate of drug-likeness (QED) is 0.376. The first-order valence-electron chi connectivity index (χ1n) is 10.1. The van der Waals surface area contributed by atoms with Crippen LogP contribution in [0.5, 0.6) is 0 Å². The highest BCUT2D eigenvalue weighted by molar-refractivity contribution is 7.75. The first kappa shape index (κ1) is 25.1. The molecule has 0 unspecified atom stereocenters. The molecule has 0 aliphatic carbocycles. The SMILES string of the molecule is CCCC(=O)[O-].CCCC[P+](CCCC)(CCCC)CCCC. The van der Waals surface area contributed by atoms with Crippen LogP contribution in [-0.4, -0.2) is 30.6 Å². The van der Waals surface area contributed by atoms with Gasteiger partial charge in [0, 0.05) is 13.2 Å². The molecule has 0 aromatic carbocycles. The average molecular weight is 347 g/mol. The van der Waals surface area contributed by atoms with E-state index in [0.29, 0.717) is 6.42 Å². The summed E-state index contributed by atoms with van der Waals surface area (Å²) in [5.74, 6) is -0.961. The highest BCUT2D eigenvalue weighted by atomic mass is 31.2. The molecule has 2 nitrogen and oxygen atoms in total. The molecule has 0 rings (SSSR count). The molecule has 3 heteroatoms. The van der Waals surface area contributed by atoms with Crippen molar-refractivity contribution in [3.8, 4) is 0 Å². The first-order valence-corrected chi connectivity index (χ1v) is 12.6. The van der Waals surface area contributed by atoms with E-state index in [0.717, 1.165) is 0 Å². The molecule has 0 N–H and O–H groups in total. The normalized spacial score (nSPS) is 11.0. The number of carboxylic acid groups (broad SMARTS) is 1. The van der Waals surface area contributed by atoms with Gasteiger partial charge in [0.2, 0.25) is 0 Å². The lowest BCUT2D eigenvalue weighted by Gasteiger charge is -2.28. The van der Waals surface area contributed by atoms with Gasteiger partial charge in [-0.05, 0) is 32.1 Å². The second-order valence-electron chi connectivity index (χ2n) is 6.77. The summed E-state index contributed by atoms with van der Waals surface area (Å²) in [7, 11) is -0.562. The molecule has 23 heavy (non-hydrogen) atoms. The highest BCUT2D eigenvalue weighted by Gasteiger charge is 2.34. The Bertz CT molecular complexity index is 217. The molecule has 0 spiro atoms. The number of rotatable bonds is 14. The molecule has 0 aliphatic heterocycles. The summed E-state index contributed by atoms with van der Waals surface area (Å²) in [5, 5.41) is 9.49. The van der Waals surface area contributed by atoms with Crippen LogP contribution >= 0.6 is 7.26 Å². The number of hydrogen-bond donors (Lipinski definition) is 0. The predicted molar refractivity (Wildman–Crippen MR) is 106 cm³/mol. The lowest BCUT2D eigenvalue weighted by molar-refractivity contribution is -0.305. The van der Waals surface area contributed by atoms with Crippen molar-refractivity contribution in [2.45, 2.75) is 98.8 Å². The van der Waals surface area contributed by atoms with Crippen molar-refractivity contribution in [1.82, 2.24) is 0 Å². The van der Waals surface area contributed by atoms with Crippen molar-refractivity contribution in [2.75, 3.05) is 24.6 Å². The first-order chi connectivity index (χ1) is 11.0. The minimum absolute atomic E-state index is 0.181. The largest absolute Gasteiger partial charge is 0.550 e. The molecule has 0 aromatic rings. The minimum atomic E-state index is -0.961. The van der Waals surface area contributed by atoms with Crippen molar-refractivity contribution < 1.29 is 9.90 Å². The third-order valence-electron chi connectivity index (χ3n) is 4.40. The van der Waals surface area contributed by atoms with Gasteiger partial charge in [0.1, 0.15) is 0 Å². The Labute approximate surface area is 147 Å². The van der Waals surface area contributed by atoms with Crippen LogP contribution in [0.2, 0.25) is 0 Å². The molecule has 0 amide bonds. The Morgan fingerprint density at radius 2 is 0.957 bits per heavy atom. The maximum atomic E-state index is 9.49. The fourth-order valence-corrected chi connectivity index (χ4v) is 8.14. The van der Waals surface area contributed by atoms with E-state index in [2.05, 4.69) is 27.7 Å². The van der Waals surface area contributed by atoms with E-state index in [1.807, 2.05) is 0 Å². The Morgan fingerprint density at radius 3 is 1.09 bits per heavy atom. The number of hydrogen-bond acceptors (Lipinski definition) is 2. The number of aliphatic carboxylic acids is 1. The zero-order chi connectivity index (χ0) is 18.0. The molecule has 0 saturated carbocycles. The molecule has 140 valence electrons. The van der Waals surface area contributed by atoms with E-state index < -0.39 is 13.2 Å². The molecule has 0 atom stereocenters. The van der Waals surface area contributed by atoms with E-state index in [9.17, 15) is 9.90 Å². The summed E-state index contributed by atoms with van der Waals surface area (Å²) >= 11 is 0. The lowest BCUT2D eigenvalue weighted by Crippen LogP contribution is -2.20. The molecular weight excluding hydrogens is 303 g/mol. The third kappa shape index (κ3) is 16.5. The van der Waals surface area contributed by atoms with E-state index in [-0.39, 0.29) is 6.42 Å². The number of carbonyl (C=O) groups is 1. The Balaban J connectivity index is 0. The van der Waals surface area contributed by atoms with Gasteiger partial charge >= 0.3 is 0 Å². The van der Waals surface area contributed by atoms with Crippen LogP contribution in [0.15, 0.2) is 0 Å². The van der Waals surface area contributed by atoms with Crippen LogP contribution in [0.4, 0.5) is 0 Å². The average Bonchev–Trinajstić information content (AvgIpc) is 2.54. The van der Waals surface area contributed by atoms with Crippen molar-refractivity contribution >= 4 is 13.2 Å². The zero-order valence-electron chi connectivity index (χ0n) is 16.7. The maximum absolute atomic E-state index is 9.49. The van der Waals surface area contributed by atoms with Gasteiger partial charge in [0.15, 0.2) is 0 Å². The molecule has 0 saturated heterocycles. The van der Waals surface area contributed by atoms with Gasteiger partial charge < -0.3 is 9.90 Å². The molecular formula is C20H43O2P. The van der Waals surface area contributed by atoms with Crippen LogP contribution in [0.3, 0.4) is 0 Å². The van der Waals surface area contributed by atoms with Gasteiger partial charge in [0.25, 0.3) is 0 Å². The van der Waals surface area contributed by atoms with E-state index in [4.69, 9.17) is 0 Å². The molecule has 0 heterocycles. The van der Waals surface area contributed by atoms with Crippen molar-refractivity contribution in [2.24, 2.45) is 0 Å². The molecule has 0 bridgehead atoms. The summed E-state index contributed by atoms with van der Waals surface area (Å²) < 4.78 is 0. The van der Waals surface area contributed by atoms with Gasteiger partial charge in [-0.2, -0.15) is 0 Å². The molecule has 0 aromatic heterocycles. The Kier molecular flexibility index (Phi) is 19.9. The van der Waals surface area contributed by atoms with Gasteiger partial charge in [-0.3, -0.25) is 0 Å². The highest BCUT2D eigenvalue weighted by Crippen LogP contribution is 2.61. The van der Waals surface area contributed by atoms with Crippen molar-refractivity contribution in [3.63, 3.8) is 0 Å². The summed E-state index contributed by atoms with van der Waals surface area (Å²) in [4.78, 5) is 9.49. The predicted octanol–water partition coefficient (Wildman–Crippen LogP) is 5.74. The zero-order valence-corrected chi connectivity index (χ0v) is 17.6. The molecule has 0 aliphatic rings. The summed E-state index contributed by atoms with van der Waals surface area (Å²) in [5.41, 5.74) is 0. The monoisotopic (exact) mass is 346 g/mol. The fraction of sp³-hybridized carbons (Fsp3) is 0.950. The van der Waals surface area contributed by atoms with E-state index in [1.165, 1.54) is 51.4 Å². The van der Waals surface area contributed by atoms with Crippen LogP contribution in [0.25, 0.3) is 0 Å². The van der Waals surface area contributed by atoms with Crippen molar-refractivity contribution in [1.29, 1.82) is 0 Å².